The molecule has 1 unspecified atom stereocenters. The lowest BCUT2D eigenvalue weighted by atomic mass is 9.95. The molecule has 1 atom stereocenters. The number of fused-ring (bicyclic) bond motifs is 2. The Balaban J connectivity index is 1.51. The van der Waals surface area contributed by atoms with Crippen molar-refractivity contribution in [2.24, 2.45) is 0 Å². The molecule has 3 aliphatic heterocycles. The highest BCUT2D eigenvalue weighted by Gasteiger charge is 2.25. The minimum absolute atomic E-state index is 0.466. The molecule has 142 valence electrons. The van der Waals surface area contributed by atoms with Crippen molar-refractivity contribution in [3.8, 4) is 5.75 Å². The van der Waals surface area contributed by atoms with E-state index in [1.807, 2.05) is 0 Å². The fraction of sp³-hybridized carbons (Fsp3) is 0.500. The zero-order chi connectivity index (χ0) is 18.2. The zero-order valence-corrected chi connectivity index (χ0v) is 15.6. The number of rotatable bonds is 2. The first-order valence-electron chi connectivity index (χ1n) is 9.71. The first-order valence-corrected chi connectivity index (χ1v) is 9.71. The van der Waals surface area contributed by atoms with Crippen LogP contribution in [0.3, 0.4) is 0 Å². The van der Waals surface area contributed by atoms with Crippen molar-refractivity contribution < 1.29 is 9.47 Å². The van der Waals surface area contributed by atoms with Crippen molar-refractivity contribution in [2.45, 2.75) is 25.9 Å². The molecule has 2 aromatic rings. The van der Waals surface area contributed by atoms with Crippen LogP contribution in [-0.4, -0.2) is 49.4 Å². The first-order chi connectivity index (χ1) is 13.3. The molecule has 5 rings (SSSR count). The molecule has 4 heterocycles. The van der Waals surface area contributed by atoms with Gasteiger partial charge in [-0.05, 0) is 43.0 Å². The molecule has 2 N–H and O–H groups in total. The Kier molecular flexibility index (Phi) is 4.33. The van der Waals surface area contributed by atoms with Crippen LogP contribution in [0.5, 0.6) is 5.75 Å². The summed E-state index contributed by atoms with van der Waals surface area (Å²) in [7, 11) is 0. The topological polar surface area (TPSA) is 71.5 Å². The molecule has 27 heavy (non-hydrogen) atoms. The second kappa shape index (κ2) is 6.98. The van der Waals surface area contributed by atoms with Crippen molar-refractivity contribution in [1.82, 2.24) is 15.3 Å². The van der Waals surface area contributed by atoms with E-state index in [0.717, 1.165) is 73.6 Å². The molecule has 0 radical (unpaired) electrons. The summed E-state index contributed by atoms with van der Waals surface area (Å²) in [4.78, 5) is 11.3. The number of aryl methyl sites for hydroxylation is 1. The molecule has 1 aromatic heterocycles. The van der Waals surface area contributed by atoms with E-state index in [1.165, 1.54) is 12.0 Å². The largest absolute Gasteiger partial charge is 0.486 e. The number of ether oxygens (including phenoxy) is 2. The maximum Gasteiger partial charge on any atom is 0.146 e. The van der Waals surface area contributed by atoms with E-state index in [1.54, 1.807) is 6.33 Å². The van der Waals surface area contributed by atoms with Gasteiger partial charge >= 0.3 is 0 Å². The van der Waals surface area contributed by atoms with Crippen molar-refractivity contribution in [1.29, 1.82) is 0 Å². The number of benzene rings is 1. The summed E-state index contributed by atoms with van der Waals surface area (Å²) >= 11 is 0. The third kappa shape index (κ3) is 3.11. The minimum atomic E-state index is 0.466. The van der Waals surface area contributed by atoms with E-state index in [2.05, 4.69) is 44.6 Å². The van der Waals surface area contributed by atoms with Crippen LogP contribution in [0.2, 0.25) is 0 Å². The van der Waals surface area contributed by atoms with Gasteiger partial charge in [0.25, 0.3) is 0 Å². The smallest absolute Gasteiger partial charge is 0.146 e. The average Bonchev–Trinajstić information content (AvgIpc) is 3.16. The molecule has 0 spiro atoms. The minimum Gasteiger partial charge on any atom is -0.486 e. The predicted molar refractivity (Wildman–Crippen MR) is 104 cm³/mol. The zero-order valence-electron chi connectivity index (χ0n) is 15.6. The van der Waals surface area contributed by atoms with E-state index in [9.17, 15) is 0 Å². The van der Waals surface area contributed by atoms with Crippen LogP contribution in [0.15, 0.2) is 18.5 Å². The van der Waals surface area contributed by atoms with E-state index in [-0.39, 0.29) is 0 Å². The van der Waals surface area contributed by atoms with Crippen LogP contribution in [-0.2, 0) is 11.3 Å². The van der Waals surface area contributed by atoms with E-state index < -0.39 is 0 Å². The summed E-state index contributed by atoms with van der Waals surface area (Å²) in [6.07, 6.45) is 2.82. The molecule has 3 aliphatic rings. The maximum absolute atomic E-state index is 6.24. The van der Waals surface area contributed by atoms with Crippen molar-refractivity contribution in [3.05, 3.63) is 35.2 Å². The number of nitrogens with one attached hydrogen (secondary N) is 2. The lowest BCUT2D eigenvalue weighted by molar-refractivity contribution is 0.122. The van der Waals surface area contributed by atoms with Gasteiger partial charge in [-0.25, -0.2) is 9.97 Å². The second-order valence-corrected chi connectivity index (χ2v) is 7.44. The fourth-order valence-corrected chi connectivity index (χ4v) is 4.22. The lowest BCUT2D eigenvalue weighted by Crippen LogP contribution is -2.37. The molecule has 0 aliphatic carbocycles. The van der Waals surface area contributed by atoms with Gasteiger partial charge in [0.05, 0.1) is 24.5 Å². The van der Waals surface area contributed by atoms with Gasteiger partial charge in [-0.15, -0.1) is 0 Å². The van der Waals surface area contributed by atoms with Gasteiger partial charge in [-0.1, -0.05) is 6.07 Å². The summed E-state index contributed by atoms with van der Waals surface area (Å²) < 4.78 is 11.7. The fourth-order valence-electron chi connectivity index (χ4n) is 4.22. The highest BCUT2D eigenvalue weighted by atomic mass is 16.5. The first kappa shape index (κ1) is 16.8. The molecule has 2 saturated heterocycles. The van der Waals surface area contributed by atoms with Gasteiger partial charge in [-0.3, -0.25) is 0 Å². The van der Waals surface area contributed by atoms with Crippen LogP contribution in [0, 0.1) is 6.92 Å². The number of hydrogen-bond donors (Lipinski definition) is 2. The maximum atomic E-state index is 6.24. The van der Waals surface area contributed by atoms with Gasteiger partial charge in [0.15, 0.2) is 0 Å². The van der Waals surface area contributed by atoms with E-state index >= 15 is 0 Å². The Bertz CT molecular complexity index is 845. The summed E-state index contributed by atoms with van der Waals surface area (Å²) in [6, 6.07) is 4.49. The van der Waals surface area contributed by atoms with Crippen LogP contribution in [0.1, 0.15) is 29.0 Å². The summed E-state index contributed by atoms with van der Waals surface area (Å²) in [5.41, 5.74) is 4.54. The highest BCUT2D eigenvalue weighted by Crippen LogP contribution is 2.40. The number of morpholine rings is 1. The number of aromatic nitrogens is 2. The molecule has 2 fully saturated rings. The molecule has 0 saturated carbocycles. The van der Waals surface area contributed by atoms with Crippen LogP contribution < -0.4 is 20.3 Å². The monoisotopic (exact) mass is 367 g/mol. The second-order valence-electron chi connectivity index (χ2n) is 7.44. The highest BCUT2D eigenvalue weighted by molar-refractivity contribution is 5.73. The predicted octanol–water partition coefficient (Wildman–Crippen LogP) is 2.33. The SMILES string of the molecule is Cc1cc(C2CCNC2)cc2c1OCc1c(ncnc1N1CCOCC1)N2. The van der Waals surface area contributed by atoms with Gasteiger partial charge in [0.2, 0.25) is 0 Å². The standard InChI is InChI=1S/C20H25N5O2/c1-13-8-15(14-2-3-21-10-14)9-17-18(13)27-11-16-19(24-17)22-12-23-20(16)25-4-6-26-7-5-25/h8-9,12,14,21H,2-7,10-11H2,1H3,(H,22,23,24). The van der Waals surface area contributed by atoms with Crippen LogP contribution in [0.4, 0.5) is 17.3 Å². The quantitative estimate of drug-likeness (QED) is 0.844. The number of hydrogen-bond acceptors (Lipinski definition) is 7. The summed E-state index contributed by atoms with van der Waals surface area (Å²) in [5, 5.41) is 6.99. The van der Waals surface area contributed by atoms with Gasteiger partial charge in [-0.2, -0.15) is 0 Å². The Morgan fingerprint density at radius 1 is 1.19 bits per heavy atom. The molecular weight excluding hydrogens is 342 g/mol. The van der Waals surface area contributed by atoms with Gasteiger partial charge < -0.3 is 25.0 Å². The molecule has 7 heteroatoms. The van der Waals surface area contributed by atoms with Crippen LogP contribution >= 0.6 is 0 Å². The van der Waals surface area contributed by atoms with Gasteiger partial charge in [0, 0.05) is 19.6 Å². The summed E-state index contributed by atoms with van der Waals surface area (Å²) in [6.45, 7) is 7.85. The van der Waals surface area contributed by atoms with Crippen LogP contribution in [0.25, 0.3) is 0 Å². The number of anilines is 3. The van der Waals surface area contributed by atoms with E-state index in [4.69, 9.17) is 9.47 Å². The molecule has 1 aromatic carbocycles. The Morgan fingerprint density at radius 2 is 2.07 bits per heavy atom. The number of nitrogens with zero attached hydrogens (tertiary/aromatic N) is 3. The van der Waals surface area contributed by atoms with Crippen molar-refractivity contribution in [3.63, 3.8) is 0 Å². The van der Waals surface area contributed by atoms with Crippen molar-refractivity contribution in [2.75, 3.05) is 49.6 Å². The molecule has 0 amide bonds. The lowest BCUT2D eigenvalue weighted by Gasteiger charge is -2.29. The molecular formula is C20H25N5O2. The Morgan fingerprint density at radius 3 is 2.89 bits per heavy atom. The third-order valence-corrected chi connectivity index (χ3v) is 5.68. The third-order valence-electron chi connectivity index (χ3n) is 5.68. The average molecular weight is 367 g/mol. The van der Waals surface area contributed by atoms with Gasteiger partial charge in [0.1, 0.15) is 30.3 Å². The summed E-state index contributed by atoms with van der Waals surface area (Å²) in [5.74, 6) is 3.26. The van der Waals surface area contributed by atoms with E-state index in [0.29, 0.717) is 12.5 Å². The normalized spacial score (nSPS) is 21.7. The Labute approximate surface area is 159 Å². The molecule has 7 nitrogen and oxygen atoms in total. The van der Waals surface area contributed by atoms with Crippen molar-refractivity contribution >= 4 is 17.3 Å². The molecule has 0 bridgehead atoms. The Hall–Kier alpha value is -2.38.